The number of rotatable bonds is 9. The Morgan fingerprint density at radius 1 is 0.886 bits per heavy atom. The molecular formula is C31H40F2N4O5S2. The fourth-order valence-corrected chi connectivity index (χ4v) is 8.43. The van der Waals surface area contributed by atoms with Gasteiger partial charge in [-0.25, -0.2) is 34.7 Å². The van der Waals surface area contributed by atoms with Gasteiger partial charge in [-0.15, -0.1) is 0 Å². The van der Waals surface area contributed by atoms with Crippen molar-refractivity contribution in [1.29, 1.82) is 0 Å². The monoisotopic (exact) mass is 650 g/mol. The molecule has 44 heavy (non-hydrogen) atoms. The molecule has 9 nitrogen and oxygen atoms in total. The van der Waals surface area contributed by atoms with E-state index >= 15 is 0 Å². The first-order chi connectivity index (χ1) is 20.7. The highest BCUT2D eigenvalue weighted by molar-refractivity contribution is 7.90. The highest BCUT2D eigenvalue weighted by Crippen LogP contribution is 2.37. The molecule has 2 aromatic carbocycles. The molecule has 0 aliphatic carbocycles. The third-order valence-electron chi connectivity index (χ3n) is 9.29. The number of nitrogens with one attached hydrogen (secondary N) is 1. The average Bonchev–Trinajstić information content (AvgIpc) is 3.25. The summed E-state index contributed by atoms with van der Waals surface area (Å²) in [5, 5.41) is 0. The number of aromatic amines is 1. The number of imidazole rings is 1. The molecule has 5 rings (SSSR count). The molecule has 2 aliphatic heterocycles. The van der Waals surface area contributed by atoms with E-state index in [1.807, 2.05) is 6.92 Å². The van der Waals surface area contributed by atoms with Crippen molar-refractivity contribution in [2.24, 2.45) is 5.92 Å². The maximum absolute atomic E-state index is 14.2. The number of halogens is 2. The van der Waals surface area contributed by atoms with Gasteiger partial charge in [0.15, 0.2) is 9.84 Å². The minimum absolute atomic E-state index is 0.0960. The number of hydrogen-bond donors (Lipinski definition) is 1. The van der Waals surface area contributed by atoms with Gasteiger partial charge in [0.2, 0.25) is 10.0 Å². The summed E-state index contributed by atoms with van der Waals surface area (Å²) >= 11 is 0. The lowest BCUT2D eigenvalue weighted by atomic mass is 9.78. The average molecular weight is 651 g/mol. The zero-order valence-corrected chi connectivity index (χ0v) is 26.9. The van der Waals surface area contributed by atoms with Gasteiger partial charge in [-0.2, -0.15) is 0 Å². The summed E-state index contributed by atoms with van der Waals surface area (Å²) in [6.07, 6.45) is 6.00. The molecule has 0 amide bonds. The van der Waals surface area contributed by atoms with E-state index in [2.05, 4.69) is 9.88 Å². The molecule has 1 atom stereocenters. The van der Waals surface area contributed by atoms with Gasteiger partial charge in [-0.3, -0.25) is 4.57 Å². The maximum Gasteiger partial charge on any atom is 0.330 e. The van der Waals surface area contributed by atoms with Crippen molar-refractivity contribution in [1.82, 2.24) is 18.8 Å². The van der Waals surface area contributed by atoms with E-state index in [9.17, 15) is 30.4 Å². The van der Waals surface area contributed by atoms with E-state index < -0.39 is 31.5 Å². The second kappa shape index (κ2) is 12.9. The number of hydrogen-bond acceptors (Lipinski definition) is 6. The lowest BCUT2D eigenvalue weighted by molar-refractivity contribution is 0.183. The molecule has 3 heterocycles. The zero-order chi connectivity index (χ0) is 31.8. The molecule has 0 spiro atoms. The predicted molar refractivity (Wildman–Crippen MR) is 166 cm³/mol. The predicted octanol–water partition coefficient (Wildman–Crippen LogP) is 4.18. The van der Waals surface area contributed by atoms with Crippen LogP contribution in [0, 0.1) is 24.5 Å². The minimum atomic E-state index is -3.34. The van der Waals surface area contributed by atoms with Crippen molar-refractivity contribution < 1.29 is 25.6 Å². The number of nitrogens with zero attached hydrogens (tertiary/aromatic N) is 3. The van der Waals surface area contributed by atoms with Gasteiger partial charge in [-0.05, 0) is 112 Å². The summed E-state index contributed by atoms with van der Waals surface area (Å²) in [4.78, 5) is 18.5. The Balaban J connectivity index is 1.24. The number of H-pyrrole nitrogens is 1. The molecule has 2 fully saturated rings. The normalized spacial score (nSPS) is 18.9. The topological polar surface area (TPSA) is 113 Å². The van der Waals surface area contributed by atoms with Crippen LogP contribution in [0.1, 0.15) is 60.9 Å². The van der Waals surface area contributed by atoms with E-state index in [1.54, 1.807) is 16.7 Å². The smallest absolute Gasteiger partial charge is 0.309 e. The quantitative estimate of drug-likeness (QED) is 0.372. The number of aromatic nitrogens is 2. The molecule has 0 radical (unpaired) electrons. The number of sulfone groups is 1. The SMILES string of the molecule is Cc1c(C2CCN(CC[C@@H](c3cc(F)cc(F)c3)C3CCN(S(C)(=O)=O)CC3)CC2)[nH]c(=O)n1-c1ccc(S(C)(=O)=O)cc1. The number of sulfonamides is 1. The Morgan fingerprint density at radius 3 is 2.02 bits per heavy atom. The van der Waals surface area contributed by atoms with E-state index in [1.165, 1.54) is 34.8 Å². The summed E-state index contributed by atoms with van der Waals surface area (Å²) in [6.45, 7) is 5.05. The van der Waals surface area contributed by atoms with E-state index in [0.29, 0.717) is 43.6 Å². The van der Waals surface area contributed by atoms with Crippen LogP contribution in [0.2, 0.25) is 0 Å². The molecule has 13 heteroatoms. The molecule has 2 saturated heterocycles. The summed E-state index contributed by atoms with van der Waals surface area (Å²) in [7, 11) is -6.62. The standard InChI is InChI=1S/C31H40F2N4O5S2/c1-21-30(34-31(38)37(21)27-4-6-28(7-5-27)43(2,39)40)23-8-13-35(14-9-23)15-12-29(24-18-25(32)20-26(33)19-24)22-10-16-36(17-11-22)44(3,41)42/h4-7,18-20,22-23,29H,8-17H2,1-3H3,(H,34,38)/t29-/m1/s1. The largest absolute Gasteiger partial charge is 0.330 e. The summed E-state index contributed by atoms with van der Waals surface area (Å²) in [5.41, 5.74) is 2.64. The zero-order valence-electron chi connectivity index (χ0n) is 25.3. The fourth-order valence-electron chi connectivity index (χ4n) is 6.93. The molecule has 1 N–H and O–H groups in total. The van der Waals surface area contributed by atoms with E-state index in [0.717, 1.165) is 56.2 Å². The second-order valence-corrected chi connectivity index (χ2v) is 16.2. The van der Waals surface area contributed by atoms with Crippen molar-refractivity contribution in [2.45, 2.75) is 55.8 Å². The van der Waals surface area contributed by atoms with Crippen LogP contribution in [0.25, 0.3) is 5.69 Å². The minimum Gasteiger partial charge on any atom is -0.309 e. The molecule has 1 aromatic heterocycles. The maximum atomic E-state index is 14.2. The Kier molecular flexibility index (Phi) is 9.50. The van der Waals surface area contributed by atoms with Gasteiger partial charge in [0.25, 0.3) is 0 Å². The first-order valence-electron chi connectivity index (χ1n) is 15.0. The summed E-state index contributed by atoms with van der Waals surface area (Å²) < 4.78 is 79.2. The van der Waals surface area contributed by atoms with Crippen LogP contribution < -0.4 is 5.69 Å². The first kappa shape index (κ1) is 32.5. The van der Waals surface area contributed by atoms with Crippen LogP contribution in [0.3, 0.4) is 0 Å². The molecule has 240 valence electrons. The van der Waals surface area contributed by atoms with Crippen molar-refractivity contribution >= 4 is 19.9 Å². The Hall–Kier alpha value is -2.87. The lowest BCUT2D eigenvalue weighted by Crippen LogP contribution is -2.40. The van der Waals surface area contributed by atoms with Crippen LogP contribution in [0.5, 0.6) is 0 Å². The van der Waals surface area contributed by atoms with Gasteiger partial charge in [-0.1, -0.05) is 0 Å². The Bertz CT molecular complexity index is 1730. The molecule has 3 aromatic rings. The number of benzene rings is 2. The molecule has 2 aliphatic rings. The number of piperidine rings is 2. The Morgan fingerprint density at radius 2 is 1.48 bits per heavy atom. The summed E-state index contributed by atoms with van der Waals surface area (Å²) in [6, 6.07) is 9.96. The van der Waals surface area contributed by atoms with Gasteiger partial charge >= 0.3 is 5.69 Å². The van der Waals surface area contributed by atoms with Crippen LogP contribution in [0.15, 0.2) is 52.2 Å². The van der Waals surface area contributed by atoms with Gasteiger partial charge in [0.1, 0.15) is 11.6 Å². The highest BCUT2D eigenvalue weighted by Gasteiger charge is 2.32. The molecule has 0 unspecified atom stereocenters. The fraction of sp³-hybridized carbons (Fsp3) is 0.516. The van der Waals surface area contributed by atoms with E-state index in [4.69, 9.17) is 0 Å². The van der Waals surface area contributed by atoms with E-state index in [-0.39, 0.29) is 28.3 Å². The third kappa shape index (κ3) is 7.32. The second-order valence-electron chi connectivity index (χ2n) is 12.2. The Labute approximate surface area is 257 Å². The van der Waals surface area contributed by atoms with Crippen LogP contribution in [-0.2, 0) is 19.9 Å². The summed E-state index contributed by atoms with van der Waals surface area (Å²) in [5.74, 6) is -1.04. The van der Waals surface area contributed by atoms with Crippen molar-refractivity contribution in [3.63, 3.8) is 0 Å². The lowest BCUT2D eigenvalue weighted by Gasteiger charge is -2.37. The molecule has 0 saturated carbocycles. The third-order valence-corrected chi connectivity index (χ3v) is 11.7. The van der Waals surface area contributed by atoms with Crippen molar-refractivity contribution in [3.8, 4) is 5.69 Å². The van der Waals surface area contributed by atoms with Crippen LogP contribution in [0.4, 0.5) is 8.78 Å². The van der Waals surface area contributed by atoms with Crippen LogP contribution in [-0.4, -0.2) is 80.8 Å². The molecular weight excluding hydrogens is 610 g/mol. The van der Waals surface area contributed by atoms with Gasteiger partial charge in [0.05, 0.1) is 16.8 Å². The van der Waals surface area contributed by atoms with Crippen molar-refractivity contribution in [3.05, 3.63) is 81.5 Å². The highest BCUT2D eigenvalue weighted by atomic mass is 32.2. The first-order valence-corrected chi connectivity index (χ1v) is 18.7. The number of likely N-dealkylation sites (tertiary alicyclic amines) is 1. The molecule has 0 bridgehead atoms. The van der Waals surface area contributed by atoms with Crippen LogP contribution >= 0.6 is 0 Å². The van der Waals surface area contributed by atoms with Gasteiger partial charge in [0, 0.05) is 42.7 Å². The van der Waals surface area contributed by atoms with Crippen molar-refractivity contribution in [2.75, 3.05) is 45.2 Å². The van der Waals surface area contributed by atoms with Gasteiger partial charge < -0.3 is 9.88 Å².